The SMILES string of the molecule is CC[C@@H](C(=O)NCC(C)C)N(Cc1ccccc1Cl)C(=O)CSCc1cccc(C)c1. The zero-order valence-electron chi connectivity index (χ0n) is 18.9. The molecule has 2 aromatic rings. The van der Waals surface area contributed by atoms with Gasteiger partial charge < -0.3 is 10.2 Å². The first kappa shape index (κ1) is 25.3. The van der Waals surface area contributed by atoms with Crippen LogP contribution in [0.15, 0.2) is 48.5 Å². The predicted octanol–water partition coefficient (Wildman–Crippen LogP) is 5.46. The summed E-state index contributed by atoms with van der Waals surface area (Å²) in [5.74, 6) is 1.25. The van der Waals surface area contributed by atoms with E-state index in [1.165, 1.54) is 11.1 Å². The molecule has 6 heteroatoms. The number of halogens is 1. The third-order valence-corrected chi connectivity index (χ3v) is 6.30. The van der Waals surface area contributed by atoms with E-state index in [9.17, 15) is 9.59 Å². The number of rotatable bonds is 11. The van der Waals surface area contributed by atoms with E-state index in [4.69, 9.17) is 11.6 Å². The van der Waals surface area contributed by atoms with E-state index in [2.05, 4.69) is 44.3 Å². The Morgan fingerprint density at radius 3 is 2.52 bits per heavy atom. The molecule has 168 valence electrons. The van der Waals surface area contributed by atoms with Crippen LogP contribution in [-0.2, 0) is 21.9 Å². The van der Waals surface area contributed by atoms with Crippen LogP contribution in [0.5, 0.6) is 0 Å². The fourth-order valence-electron chi connectivity index (χ4n) is 3.29. The summed E-state index contributed by atoms with van der Waals surface area (Å²) < 4.78 is 0. The first-order valence-electron chi connectivity index (χ1n) is 10.8. The van der Waals surface area contributed by atoms with Crippen molar-refractivity contribution in [2.45, 2.75) is 52.5 Å². The fourth-order valence-corrected chi connectivity index (χ4v) is 4.35. The zero-order chi connectivity index (χ0) is 22.8. The van der Waals surface area contributed by atoms with Crippen molar-refractivity contribution in [2.24, 2.45) is 5.92 Å². The second-order valence-corrected chi connectivity index (χ2v) is 9.55. The Kier molecular flexibility index (Phi) is 10.4. The molecule has 2 amide bonds. The smallest absolute Gasteiger partial charge is 0.242 e. The highest BCUT2D eigenvalue weighted by atomic mass is 35.5. The van der Waals surface area contributed by atoms with Crippen molar-refractivity contribution in [2.75, 3.05) is 12.3 Å². The number of amides is 2. The van der Waals surface area contributed by atoms with Gasteiger partial charge in [0.2, 0.25) is 11.8 Å². The molecule has 0 saturated carbocycles. The summed E-state index contributed by atoms with van der Waals surface area (Å²) in [7, 11) is 0. The predicted molar refractivity (Wildman–Crippen MR) is 131 cm³/mol. The van der Waals surface area contributed by atoms with Crippen LogP contribution in [0, 0.1) is 12.8 Å². The molecule has 0 radical (unpaired) electrons. The van der Waals surface area contributed by atoms with Crippen LogP contribution < -0.4 is 5.32 Å². The average molecular weight is 461 g/mol. The number of nitrogens with zero attached hydrogens (tertiary/aromatic N) is 1. The molecule has 0 bridgehead atoms. The Hall–Kier alpha value is -1.98. The Morgan fingerprint density at radius 1 is 1.13 bits per heavy atom. The van der Waals surface area contributed by atoms with Crippen LogP contribution >= 0.6 is 23.4 Å². The van der Waals surface area contributed by atoms with Crippen molar-refractivity contribution in [1.29, 1.82) is 0 Å². The number of aryl methyl sites for hydroxylation is 1. The van der Waals surface area contributed by atoms with Gasteiger partial charge in [-0.25, -0.2) is 0 Å². The van der Waals surface area contributed by atoms with E-state index >= 15 is 0 Å². The monoisotopic (exact) mass is 460 g/mol. The molecule has 0 aliphatic rings. The van der Waals surface area contributed by atoms with Crippen LogP contribution in [0.1, 0.15) is 43.9 Å². The minimum absolute atomic E-state index is 0.0517. The van der Waals surface area contributed by atoms with Crippen molar-refractivity contribution in [3.05, 3.63) is 70.2 Å². The third kappa shape index (κ3) is 8.23. The van der Waals surface area contributed by atoms with Gasteiger partial charge in [0.15, 0.2) is 0 Å². The van der Waals surface area contributed by atoms with Gasteiger partial charge in [-0.2, -0.15) is 0 Å². The van der Waals surface area contributed by atoms with Crippen molar-refractivity contribution < 1.29 is 9.59 Å². The van der Waals surface area contributed by atoms with Gasteiger partial charge in [0.25, 0.3) is 0 Å². The minimum Gasteiger partial charge on any atom is -0.354 e. The average Bonchev–Trinajstić information content (AvgIpc) is 2.73. The summed E-state index contributed by atoms with van der Waals surface area (Å²) in [4.78, 5) is 27.8. The molecule has 1 N–H and O–H groups in total. The second kappa shape index (κ2) is 12.8. The summed E-state index contributed by atoms with van der Waals surface area (Å²) in [6, 6.07) is 15.2. The lowest BCUT2D eigenvalue weighted by atomic mass is 10.1. The van der Waals surface area contributed by atoms with Gasteiger partial charge in [-0.1, -0.05) is 80.4 Å². The molecule has 1 atom stereocenters. The third-order valence-electron chi connectivity index (χ3n) is 4.95. The largest absolute Gasteiger partial charge is 0.354 e. The van der Waals surface area contributed by atoms with Gasteiger partial charge in [-0.3, -0.25) is 9.59 Å². The van der Waals surface area contributed by atoms with Crippen molar-refractivity contribution in [3.63, 3.8) is 0 Å². The van der Waals surface area contributed by atoms with E-state index in [0.29, 0.717) is 36.2 Å². The molecule has 0 fully saturated rings. The normalized spacial score (nSPS) is 11.9. The molecular formula is C25H33ClN2O2S. The van der Waals surface area contributed by atoms with E-state index in [-0.39, 0.29) is 11.8 Å². The van der Waals surface area contributed by atoms with Gasteiger partial charge in [0.1, 0.15) is 6.04 Å². The second-order valence-electron chi connectivity index (χ2n) is 8.16. The first-order chi connectivity index (χ1) is 14.8. The minimum atomic E-state index is -0.526. The molecular weight excluding hydrogens is 428 g/mol. The zero-order valence-corrected chi connectivity index (χ0v) is 20.4. The van der Waals surface area contributed by atoms with Crippen LogP contribution in [0.3, 0.4) is 0 Å². The number of nitrogens with one attached hydrogen (secondary N) is 1. The van der Waals surface area contributed by atoms with Crippen LogP contribution in [0.4, 0.5) is 0 Å². The number of carbonyl (C=O) groups is 2. The summed E-state index contributed by atoms with van der Waals surface area (Å²) in [5.41, 5.74) is 3.24. The summed E-state index contributed by atoms with van der Waals surface area (Å²) >= 11 is 7.93. The lowest BCUT2D eigenvalue weighted by molar-refractivity contribution is -0.139. The Labute approximate surface area is 195 Å². The summed E-state index contributed by atoms with van der Waals surface area (Å²) in [5, 5.41) is 3.59. The number of hydrogen-bond acceptors (Lipinski definition) is 3. The first-order valence-corrected chi connectivity index (χ1v) is 12.3. The quantitative estimate of drug-likeness (QED) is 0.484. The number of thioether (sulfide) groups is 1. The summed E-state index contributed by atoms with van der Waals surface area (Å²) in [6.45, 7) is 9.01. The van der Waals surface area contributed by atoms with Crippen molar-refractivity contribution >= 4 is 35.2 Å². The molecule has 2 aromatic carbocycles. The molecule has 0 aromatic heterocycles. The molecule has 0 saturated heterocycles. The number of hydrogen-bond donors (Lipinski definition) is 1. The van der Waals surface area contributed by atoms with E-state index < -0.39 is 6.04 Å². The standard InChI is InChI=1S/C25H33ClN2O2S/c1-5-23(25(30)27-14-18(2)3)28(15-21-11-6-7-12-22(21)26)24(29)17-31-16-20-10-8-9-19(4)13-20/h6-13,18,23H,5,14-17H2,1-4H3,(H,27,30)/t23-/m0/s1. The van der Waals surface area contributed by atoms with Crippen LogP contribution in [-0.4, -0.2) is 35.1 Å². The molecule has 0 aliphatic heterocycles. The van der Waals surface area contributed by atoms with E-state index in [1.807, 2.05) is 37.3 Å². The number of carbonyl (C=O) groups excluding carboxylic acids is 2. The van der Waals surface area contributed by atoms with Gasteiger partial charge in [-0.15, -0.1) is 11.8 Å². The highest BCUT2D eigenvalue weighted by molar-refractivity contribution is 7.99. The Balaban J connectivity index is 2.13. The lowest BCUT2D eigenvalue weighted by Gasteiger charge is -2.31. The number of benzene rings is 2. The van der Waals surface area contributed by atoms with Crippen molar-refractivity contribution in [3.8, 4) is 0 Å². The Bertz CT molecular complexity index is 872. The molecule has 0 spiro atoms. The topological polar surface area (TPSA) is 49.4 Å². The summed E-state index contributed by atoms with van der Waals surface area (Å²) in [6.07, 6.45) is 0.544. The Morgan fingerprint density at radius 2 is 1.87 bits per heavy atom. The maximum absolute atomic E-state index is 13.2. The molecule has 4 nitrogen and oxygen atoms in total. The van der Waals surface area contributed by atoms with Crippen molar-refractivity contribution in [1.82, 2.24) is 10.2 Å². The molecule has 0 aliphatic carbocycles. The van der Waals surface area contributed by atoms with Gasteiger partial charge >= 0.3 is 0 Å². The van der Waals surface area contributed by atoms with Gasteiger partial charge in [-0.05, 0) is 36.5 Å². The fraction of sp³-hybridized carbons (Fsp3) is 0.440. The maximum atomic E-state index is 13.2. The molecule has 0 unspecified atom stereocenters. The maximum Gasteiger partial charge on any atom is 0.242 e. The highest BCUT2D eigenvalue weighted by Crippen LogP contribution is 2.21. The van der Waals surface area contributed by atoms with Crippen LogP contribution in [0.25, 0.3) is 0 Å². The molecule has 0 heterocycles. The van der Waals surface area contributed by atoms with E-state index in [1.54, 1.807) is 16.7 Å². The molecule has 31 heavy (non-hydrogen) atoms. The van der Waals surface area contributed by atoms with Crippen LogP contribution in [0.2, 0.25) is 5.02 Å². The highest BCUT2D eigenvalue weighted by Gasteiger charge is 2.29. The van der Waals surface area contributed by atoms with Gasteiger partial charge in [0.05, 0.1) is 5.75 Å². The van der Waals surface area contributed by atoms with Gasteiger partial charge in [0, 0.05) is 23.9 Å². The molecule has 2 rings (SSSR count). The lowest BCUT2D eigenvalue weighted by Crippen LogP contribution is -2.50. The van der Waals surface area contributed by atoms with E-state index in [0.717, 1.165) is 11.3 Å².